The molecule has 0 bridgehead atoms. The number of anilines is 1. The van der Waals surface area contributed by atoms with Gasteiger partial charge in [-0.1, -0.05) is 18.2 Å². The number of halogens is 1. The van der Waals surface area contributed by atoms with Gasteiger partial charge in [0.25, 0.3) is 11.6 Å². The molecular formula is C15H13IN2O3. The Morgan fingerprint density at radius 1 is 1.24 bits per heavy atom. The Kier molecular flexibility index (Phi) is 4.89. The van der Waals surface area contributed by atoms with E-state index in [1.807, 2.05) is 59.8 Å². The van der Waals surface area contributed by atoms with Crippen LogP contribution in [-0.4, -0.2) is 17.4 Å². The van der Waals surface area contributed by atoms with E-state index >= 15 is 0 Å². The molecule has 1 amide bonds. The molecule has 0 spiro atoms. The largest absolute Gasteiger partial charge is 0.309 e. The van der Waals surface area contributed by atoms with E-state index in [0.29, 0.717) is 15.7 Å². The summed E-state index contributed by atoms with van der Waals surface area (Å²) in [5.74, 6) is -0.239. The van der Waals surface area contributed by atoms with Gasteiger partial charge >= 0.3 is 0 Å². The van der Waals surface area contributed by atoms with Crippen molar-refractivity contribution < 1.29 is 9.72 Å². The molecule has 0 atom stereocenters. The molecule has 0 fully saturated rings. The highest BCUT2D eigenvalue weighted by Crippen LogP contribution is 2.23. The van der Waals surface area contributed by atoms with E-state index in [2.05, 4.69) is 0 Å². The van der Waals surface area contributed by atoms with Crippen molar-refractivity contribution in [2.75, 3.05) is 11.4 Å². The maximum absolute atomic E-state index is 12.7. The van der Waals surface area contributed by atoms with Crippen molar-refractivity contribution in [3.8, 4) is 0 Å². The van der Waals surface area contributed by atoms with Gasteiger partial charge in [0.05, 0.1) is 10.5 Å². The molecule has 0 aliphatic rings. The van der Waals surface area contributed by atoms with Crippen LogP contribution in [0.25, 0.3) is 0 Å². The smallest absolute Gasteiger partial charge is 0.270 e. The van der Waals surface area contributed by atoms with E-state index in [1.54, 1.807) is 11.0 Å². The fourth-order valence-corrected chi connectivity index (χ4v) is 2.55. The second kappa shape index (κ2) is 6.66. The van der Waals surface area contributed by atoms with Gasteiger partial charge in [0.1, 0.15) is 0 Å². The van der Waals surface area contributed by atoms with Crippen LogP contribution in [0, 0.1) is 13.7 Å². The van der Waals surface area contributed by atoms with Gasteiger partial charge in [-0.2, -0.15) is 0 Å². The van der Waals surface area contributed by atoms with Crippen molar-refractivity contribution in [2.24, 2.45) is 0 Å². The summed E-state index contributed by atoms with van der Waals surface area (Å²) in [4.78, 5) is 24.6. The predicted octanol–water partition coefficient (Wildman–Crippen LogP) is 3.87. The van der Waals surface area contributed by atoms with Gasteiger partial charge in [0, 0.05) is 27.9 Å². The number of hydrogen-bond acceptors (Lipinski definition) is 3. The van der Waals surface area contributed by atoms with Gasteiger partial charge < -0.3 is 4.90 Å². The molecule has 0 heterocycles. The summed E-state index contributed by atoms with van der Waals surface area (Å²) in [6.45, 7) is 2.36. The van der Waals surface area contributed by atoms with Crippen molar-refractivity contribution in [3.63, 3.8) is 0 Å². The maximum atomic E-state index is 12.7. The molecule has 108 valence electrons. The summed E-state index contributed by atoms with van der Waals surface area (Å²) in [5.41, 5.74) is 1.03. The van der Waals surface area contributed by atoms with Crippen LogP contribution in [0.5, 0.6) is 0 Å². The maximum Gasteiger partial charge on any atom is 0.270 e. The number of non-ortho nitro benzene ring substituents is 1. The Bertz CT molecular complexity index is 674. The summed E-state index contributed by atoms with van der Waals surface area (Å²) >= 11 is 2.01. The number of rotatable bonds is 4. The molecule has 0 aromatic heterocycles. The first-order valence-electron chi connectivity index (χ1n) is 6.35. The summed E-state index contributed by atoms with van der Waals surface area (Å²) in [6, 6.07) is 13.6. The standard InChI is InChI=1S/C15H13IN2O3/c1-2-17(11-6-4-3-5-7-11)15(19)13-10-12(18(20)21)8-9-14(13)16/h3-10H,2H2,1H3. The Balaban J connectivity index is 2.43. The molecule has 0 saturated carbocycles. The van der Waals surface area contributed by atoms with Crippen LogP contribution in [0.15, 0.2) is 48.5 Å². The molecule has 5 nitrogen and oxygen atoms in total. The zero-order valence-electron chi connectivity index (χ0n) is 11.3. The first-order valence-corrected chi connectivity index (χ1v) is 7.43. The number of nitro groups is 1. The molecule has 2 aromatic rings. The molecular weight excluding hydrogens is 383 g/mol. The zero-order valence-corrected chi connectivity index (χ0v) is 13.5. The Labute approximate surface area is 135 Å². The Morgan fingerprint density at radius 2 is 1.90 bits per heavy atom. The van der Waals surface area contributed by atoms with Gasteiger partial charge in [0.15, 0.2) is 0 Å². The van der Waals surface area contributed by atoms with Crippen LogP contribution in [0.4, 0.5) is 11.4 Å². The van der Waals surface area contributed by atoms with Gasteiger partial charge in [-0.3, -0.25) is 14.9 Å². The number of hydrogen-bond donors (Lipinski definition) is 0. The third-order valence-corrected chi connectivity index (χ3v) is 3.96. The Hall–Kier alpha value is -1.96. The summed E-state index contributed by atoms with van der Waals surface area (Å²) in [7, 11) is 0. The molecule has 0 aliphatic heterocycles. The molecule has 0 unspecified atom stereocenters. The van der Waals surface area contributed by atoms with E-state index in [4.69, 9.17) is 0 Å². The minimum Gasteiger partial charge on any atom is -0.309 e. The van der Waals surface area contributed by atoms with Crippen molar-refractivity contribution in [2.45, 2.75) is 6.92 Å². The summed E-state index contributed by atoms with van der Waals surface area (Å²) in [6.07, 6.45) is 0. The van der Waals surface area contributed by atoms with Crippen LogP contribution < -0.4 is 4.90 Å². The normalized spacial score (nSPS) is 10.2. The quantitative estimate of drug-likeness (QED) is 0.448. The predicted molar refractivity (Wildman–Crippen MR) is 89.6 cm³/mol. The highest BCUT2D eigenvalue weighted by atomic mass is 127. The average molecular weight is 396 g/mol. The first kappa shape index (κ1) is 15.4. The van der Waals surface area contributed by atoms with Crippen molar-refractivity contribution in [1.29, 1.82) is 0 Å². The average Bonchev–Trinajstić information content (AvgIpc) is 2.49. The highest BCUT2D eigenvalue weighted by Gasteiger charge is 2.21. The lowest BCUT2D eigenvalue weighted by Crippen LogP contribution is -2.31. The van der Waals surface area contributed by atoms with Gasteiger partial charge in [-0.15, -0.1) is 0 Å². The SMILES string of the molecule is CCN(C(=O)c1cc([N+](=O)[O-])ccc1I)c1ccccc1. The lowest BCUT2D eigenvalue weighted by molar-refractivity contribution is -0.384. The third-order valence-electron chi connectivity index (χ3n) is 3.02. The number of carbonyl (C=O) groups is 1. The summed E-state index contributed by atoms with van der Waals surface area (Å²) < 4.78 is 0.692. The second-order valence-corrected chi connectivity index (χ2v) is 5.47. The number of nitrogens with zero attached hydrogens (tertiary/aromatic N) is 2. The van der Waals surface area contributed by atoms with Crippen molar-refractivity contribution >= 4 is 39.9 Å². The molecule has 0 radical (unpaired) electrons. The first-order chi connectivity index (χ1) is 10.0. The lowest BCUT2D eigenvalue weighted by Gasteiger charge is -2.21. The lowest BCUT2D eigenvalue weighted by atomic mass is 10.1. The van der Waals surface area contributed by atoms with Crippen LogP contribution in [0.3, 0.4) is 0 Å². The van der Waals surface area contributed by atoms with E-state index in [9.17, 15) is 14.9 Å². The van der Waals surface area contributed by atoms with Gasteiger partial charge in [0.2, 0.25) is 0 Å². The van der Waals surface area contributed by atoms with E-state index < -0.39 is 4.92 Å². The van der Waals surface area contributed by atoms with E-state index in [1.165, 1.54) is 12.1 Å². The van der Waals surface area contributed by atoms with Gasteiger partial charge in [-0.25, -0.2) is 0 Å². The number of carbonyl (C=O) groups excluding carboxylic acids is 1. The molecule has 0 N–H and O–H groups in total. The number of benzene rings is 2. The Morgan fingerprint density at radius 3 is 2.48 bits per heavy atom. The highest BCUT2D eigenvalue weighted by molar-refractivity contribution is 14.1. The molecule has 2 rings (SSSR count). The molecule has 6 heteroatoms. The number of para-hydroxylation sites is 1. The van der Waals surface area contributed by atoms with Crippen molar-refractivity contribution in [1.82, 2.24) is 0 Å². The van der Waals surface area contributed by atoms with Crippen molar-refractivity contribution in [3.05, 3.63) is 67.8 Å². The number of amides is 1. The van der Waals surface area contributed by atoms with E-state index in [-0.39, 0.29) is 11.6 Å². The molecule has 2 aromatic carbocycles. The number of nitro benzene ring substituents is 1. The minimum atomic E-state index is -0.494. The fraction of sp³-hybridized carbons (Fsp3) is 0.133. The van der Waals surface area contributed by atoms with E-state index in [0.717, 1.165) is 5.69 Å². The fourth-order valence-electron chi connectivity index (χ4n) is 1.99. The third kappa shape index (κ3) is 3.38. The van der Waals surface area contributed by atoms with Crippen LogP contribution in [0.1, 0.15) is 17.3 Å². The molecule has 0 saturated heterocycles. The topological polar surface area (TPSA) is 63.5 Å². The minimum absolute atomic E-state index is 0.0807. The van der Waals surface area contributed by atoms with Crippen LogP contribution in [0.2, 0.25) is 0 Å². The molecule has 0 aliphatic carbocycles. The van der Waals surface area contributed by atoms with Crippen LogP contribution >= 0.6 is 22.6 Å². The van der Waals surface area contributed by atoms with Crippen LogP contribution in [-0.2, 0) is 0 Å². The summed E-state index contributed by atoms with van der Waals surface area (Å²) in [5, 5.41) is 10.9. The molecule has 21 heavy (non-hydrogen) atoms. The second-order valence-electron chi connectivity index (χ2n) is 4.31. The monoisotopic (exact) mass is 396 g/mol. The zero-order chi connectivity index (χ0) is 15.4. The van der Waals surface area contributed by atoms with Gasteiger partial charge in [-0.05, 0) is 47.7 Å².